The molecule has 0 aromatic rings. The van der Waals surface area contributed by atoms with Crippen molar-refractivity contribution in [1.29, 1.82) is 0 Å². The molecule has 9 heavy (non-hydrogen) atoms. The Hall–Kier alpha value is -0.990. The highest BCUT2D eigenvalue weighted by Crippen LogP contribution is 1.94. The summed E-state index contributed by atoms with van der Waals surface area (Å²) < 4.78 is 4.43. The molecule has 0 heterocycles. The van der Waals surface area contributed by atoms with Gasteiger partial charge in [-0.3, -0.25) is 0 Å². The highest BCUT2D eigenvalue weighted by Gasteiger charge is 1.91. The summed E-state index contributed by atoms with van der Waals surface area (Å²) in [5.74, 6) is 0. The zero-order valence-electron chi connectivity index (χ0n) is 5.52. The van der Waals surface area contributed by atoms with E-state index < -0.39 is 6.09 Å². The molecule has 3 heteroatoms. The van der Waals surface area contributed by atoms with Crippen LogP contribution in [0.25, 0.3) is 0 Å². The Labute approximate surface area is 54.5 Å². The first-order valence-corrected chi connectivity index (χ1v) is 2.69. The van der Waals surface area contributed by atoms with Crippen LogP contribution in [0.1, 0.15) is 13.3 Å². The van der Waals surface area contributed by atoms with E-state index in [1.807, 2.05) is 6.92 Å². The summed E-state index contributed by atoms with van der Waals surface area (Å²) >= 11 is 0. The number of ether oxygens (including phenoxy) is 1. The summed E-state index contributed by atoms with van der Waals surface area (Å²) in [6.45, 7) is 5.82. The lowest BCUT2D eigenvalue weighted by Crippen LogP contribution is -2.13. The number of hydrogen-bond acceptors (Lipinski definition) is 2. The maximum atomic E-state index is 9.95. The minimum atomic E-state index is -0.726. The molecule has 0 saturated carbocycles. The first-order valence-electron chi connectivity index (χ1n) is 2.69. The van der Waals surface area contributed by atoms with Crippen LogP contribution in [0.4, 0.5) is 4.79 Å². The molecule has 0 saturated heterocycles. The number of amides is 1. The topological polar surface area (TPSA) is 52.3 Å². The highest BCUT2D eigenvalue weighted by atomic mass is 16.5. The number of hydrogen-bond donors (Lipinski definition) is 1. The molecule has 0 aliphatic heterocycles. The van der Waals surface area contributed by atoms with Crippen molar-refractivity contribution in [2.75, 3.05) is 6.61 Å². The van der Waals surface area contributed by atoms with E-state index in [-0.39, 0.29) is 0 Å². The van der Waals surface area contributed by atoms with Crippen molar-refractivity contribution >= 4 is 6.09 Å². The fraction of sp³-hybridized carbons (Fsp3) is 0.500. The maximum Gasteiger partial charge on any atom is 0.404 e. The van der Waals surface area contributed by atoms with Gasteiger partial charge in [0.15, 0.2) is 0 Å². The minimum Gasteiger partial charge on any atom is -0.449 e. The molecular weight excluding hydrogens is 118 g/mol. The van der Waals surface area contributed by atoms with Crippen LogP contribution in [0.3, 0.4) is 0 Å². The van der Waals surface area contributed by atoms with Gasteiger partial charge in [-0.2, -0.15) is 0 Å². The number of primary amides is 1. The largest absolute Gasteiger partial charge is 0.449 e. The molecule has 2 N–H and O–H groups in total. The zero-order valence-corrected chi connectivity index (χ0v) is 5.52. The molecule has 0 spiro atoms. The van der Waals surface area contributed by atoms with E-state index in [9.17, 15) is 4.79 Å². The Morgan fingerprint density at radius 3 is 2.67 bits per heavy atom. The third-order valence-corrected chi connectivity index (χ3v) is 0.773. The standard InChI is InChI=1S/C6H11NO2/c1-5(2)3-4-9-6(7)8/h1,3-4H2,2H3,(H2,7,8). The first-order chi connectivity index (χ1) is 4.13. The zero-order chi connectivity index (χ0) is 7.28. The van der Waals surface area contributed by atoms with E-state index in [0.717, 1.165) is 5.57 Å². The van der Waals surface area contributed by atoms with Crippen LogP contribution < -0.4 is 5.73 Å². The van der Waals surface area contributed by atoms with Gasteiger partial charge < -0.3 is 10.5 Å². The summed E-state index contributed by atoms with van der Waals surface area (Å²) in [5.41, 5.74) is 5.67. The van der Waals surface area contributed by atoms with E-state index in [2.05, 4.69) is 17.0 Å². The normalized spacial score (nSPS) is 8.56. The lowest BCUT2D eigenvalue weighted by atomic mass is 10.3. The molecule has 0 fully saturated rings. The first kappa shape index (κ1) is 8.01. The van der Waals surface area contributed by atoms with E-state index >= 15 is 0 Å². The van der Waals surface area contributed by atoms with Crippen LogP contribution in [0.2, 0.25) is 0 Å². The number of carbonyl (C=O) groups excluding carboxylic acids is 1. The summed E-state index contributed by atoms with van der Waals surface area (Å²) in [5, 5.41) is 0. The summed E-state index contributed by atoms with van der Waals surface area (Å²) in [6, 6.07) is 0. The predicted molar refractivity (Wildman–Crippen MR) is 35.0 cm³/mol. The van der Waals surface area contributed by atoms with Crippen LogP contribution in [0.5, 0.6) is 0 Å². The molecule has 0 aromatic carbocycles. The van der Waals surface area contributed by atoms with Crippen LogP contribution in [-0.2, 0) is 4.74 Å². The average molecular weight is 129 g/mol. The van der Waals surface area contributed by atoms with Crippen LogP contribution >= 0.6 is 0 Å². The third-order valence-electron chi connectivity index (χ3n) is 0.773. The predicted octanol–water partition coefficient (Wildman–Crippen LogP) is 1.05. The van der Waals surface area contributed by atoms with Crippen molar-refractivity contribution in [3.05, 3.63) is 12.2 Å². The highest BCUT2D eigenvalue weighted by molar-refractivity contribution is 5.64. The molecule has 0 bridgehead atoms. The van der Waals surface area contributed by atoms with Gasteiger partial charge in [0.25, 0.3) is 0 Å². The second kappa shape index (κ2) is 3.95. The number of rotatable bonds is 3. The Morgan fingerprint density at radius 1 is 1.78 bits per heavy atom. The van der Waals surface area contributed by atoms with Crippen molar-refractivity contribution in [2.24, 2.45) is 5.73 Å². The van der Waals surface area contributed by atoms with Crippen LogP contribution in [-0.4, -0.2) is 12.7 Å². The molecule has 0 aliphatic rings. The summed E-state index contributed by atoms with van der Waals surface area (Å²) in [4.78, 5) is 9.95. The molecule has 52 valence electrons. The van der Waals surface area contributed by atoms with E-state index in [1.54, 1.807) is 0 Å². The molecule has 1 amide bonds. The van der Waals surface area contributed by atoms with Crippen molar-refractivity contribution in [1.82, 2.24) is 0 Å². The second-order valence-electron chi connectivity index (χ2n) is 1.87. The van der Waals surface area contributed by atoms with Crippen molar-refractivity contribution in [3.63, 3.8) is 0 Å². The van der Waals surface area contributed by atoms with Gasteiger partial charge in [-0.1, -0.05) is 5.57 Å². The van der Waals surface area contributed by atoms with Crippen LogP contribution in [0, 0.1) is 0 Å². The van der Waals surface area contributed by atoms with Gasteiger partial charge in [0, 0.05) is 6.42 Å². The fourth-order valence-electron chi connectivity index (χ4n) is 0.326. The van der Waals surface area contributed by atoms with Gasteiger partial charge in [0.1, 0.15) is 0 Å². The lowest BCUT2D eigenvalue weighted by molar-refractivity contribution is 0.158. The lowest BCUT2D eigenvalue weighted by Gasteiger charge is -1.98. The molecule has 0 atom stereocenters. The SMILES string of the molecule is C=C(C)CCOC(N)=O. The van der Waals surface area contributed by atoms with E-state index in [1.165, 1.54) is 0 Å². The van der Waals surface area contributed by atoms with Crippen molar-refractivity contribution < 1.29 is 9.53 Å². The third kappa shape index (κ3) is 7.01. The minimum absolute atomic E-state index is 0.338. The Kier molecular flexibility index (Phi) is 3.51. The Bertz CT molecular complexity index is 106. The average Bonchev–Trinajstić information content (AvgIpc) is 1.63. The molecule has 0 radical (unpaired) electrons. The van der Waals surface area contributed by atoms with Crippen molar-refractivity contribution in [3.8, 4) is 0 Å². The van der Waals surface area contributed by atoms with Gasteiger partial charge >= 0.3 is 6.09 Å². The quantitative estimate of drug-likeness (QED) is 0.579. The second-order valence-corrected chi connectivity index (χ2v) is 1.87. The summed E-state index contributed by atoms with van der Waals surface area (Å²) in [7, 11) is 0. The van der Waals surface area contributed by atoms with Gasteiger partial charge in [-0.25, -0.2) is 4.79 Å². The Morgan fingerprint density at radius 2 is 2.33 bits per heavy atom. The molecule has 0 aromatic heterocycles. The number of nitrogens with two attached hydrogens (primary N) is 1. The van der Waals surface area contributed by atoms with Gasteiger partial charge in [-0.15, -0.1) is 6.58 Å². The Balaban J connectivity index is 3.10. The smallest absolute Gasteiger partial charge is 0.404 e. The molecular formula is C6H11NO2. The van der Waals surface area contributed by atoms with Crippen molar-refractivity contribution in [2.45, 2.75) is 13.3 Å². The maximum absolute atomic E-state index is 9.95. The van der Waals surface area contributed by atoms with E-state index in [4.69, 9.17) is 0 Å². The molecule has 0 rings (SSSR count). The van der Waals surface area contributed by atoms with Gasteiger partial charge in [0.2, 0.25) is 0 Å². The molecule has 0 aliphatic carbocycles. The van der Waals surface area contributed by atoms with Gasteiger partial charge in [0.05, 0.1) is 6.61 Å². The monoisotopic (exact) mass is 129 g/mol. The molecule has 3 nitrogen and oxygen atoms in total. The van der Waals surface area contributed by atoms with E-state index in [0.29, 0.717) is 13.0 Å². The summed E-state index contributed by atoms with van der Waals surface area (Å²) in [6.07, 6.45) is -0.0422. The number of carbonyl (C=O) groups is 1. The van der Waals surface area contributed by atoms with Crippen LogP contribution in [0.15, 0.2) is 12.2 Å². The molecule has 0 unspecified atom stereocenters. The fourth-order valence-corrected chi connectivity index (χ4v) is 0.326. The van der Waals surface area contributed by atoms with Gasteiger partial charge in [-0.05, 0) is 6.92 Å².